The Kier molecular flexibility index (Phi) is 6.13. The van der Waals surface area contributed by atoms with Crippen molar-refractivity contribution >= 4 is 11.9 Å². The van der Waals surface area contributed by atoms with E-state index < -0.39 is 30.3 Å². The number of hydrogen-bond acceptors (Lipinski definition) is 11. The van der Waals surface area contributed by atoms with Crippen LogP contribution >= 0.6 is 0 Å². The van der Waals surface area contributed by atoms with Crippen molar-refractivity contribution in [2.75, 3.05) is 13.7 Å². The zero-order valence-electron chi connectivity index (χ0n) is 17.5. The lowest BCUT2D eigenvalue weighted by Crippen LogP contribution is -2.25. The first-order valence-electron chi connectivity index (χ1n) is 9.98. The molecule has 1 aliphatic heterocycles. The first-order valence-corrected chi connectivity index (χ1v) is 9.98. The molecule has 0 aromatic heterocycles. The van der Waals surface area contributed by atoms with Gasteiger partial charge in [0, 0.05) is 11.1 Å². The molecule has 0 unspecified atom stereocenters. The minimum absolute atomic E-state index is 0.0402. The summed E-state index contributed by atoms with van der Waals surface area (Å²) in [6, 6.07) is 7.78. The van der Waals surface area contributed by atoms with Crippen molar-refractivity contribution < 1.29 is 53.7 Å². The first-order chi connectivity index (χ1) is 15.7. The molecule has 0 radical (unpaired) electrons. The highest BCUT2D eigenvalue weighted by molar-refractivity contribution is 5.94. The lowest BCUT2D eigenvalue weighted by Gasteiger charge is -2.22. The van der Waals surface area contributed by atoms with E-state index in [0.29, 0.717) is 35.1 Å². The zero-order valence-corrected chi connectivity index (χ0v) is 17.5. The van der Waals surface area contributed by atoms with Crippen LogP contribution in [-0.4, -0.2) is 59.0 Å². The summed E-state index contributed by atoms with van der Waals surface area (Å²) >= 11 is 0. The number of aliphatic hydroxyl groups excluding tert-OH is 2. The minimum Gasteiger partial charge on any atom is -0.488 e. The highest BCUT2D eigenvalue weighted by Crippen LogP contribution is 2.50. The molecular formula is C22H22O11. The van der Waals surface area contributed by atoms with Crippen molar-refractivity contribution in [2.24, 2.45) is 5.41 Å². The van der Waals surface area contributed by atoms with Crippen LogP contribution in [-0.2, 0) is 20.9 Å². The molecule has 0 spiro atoms. The van der Waals surface area contributed by atoms with Crippen LogP contribution in [0.25, 0.3) is 11.1 Å². The summed E-state index contributed by atoms with van der Waals surface area (Å²) in [5, 5.41) is 37.4. The van der Waals surface area contributed by atoms with Crippen LogP contribution in [0.15, 0.2) is 30.3 Å². The van der Waals surface area contributed by atoms with Gasteiger partial charge in [0.25, 0.3) is 0 Å². The predicted molar refractivity (Wildman–Crippen MR) is 108 cm³/mol. The van der Waals surface area contributed by atoms with Gasteiger partial charge in [-0.2, -0.15) is 0 Å². The molecule has 1 aliphatic carbocycles. The molecular weight excluding hydrogens is 440 g/mol. The topological polar surface area (TPSA) is 161 Å². The molecule has 1 fully saturated rings. The van der Waals surface area contributed by atoms with Crippen LogP contribution in [0.4, 0.5) is 0 Å². The van der Waals surface area contributed by atoms with E-state index in [1.165, 1.54) is 19.2 Å². The Balaban J connectivity index is 1.79. The molecule has 4 rings (SSSR count). The largest absolute Gasteiger partial charge is 0.488 e. The first kappa shape index (κ1) is 22.8. The van der Waals surface area contributed by atoms with Crippen LogP contribution in [0, 0.1) is 5.41 Å². The van der Waals surface area contributed by atoms with Gasteiger partial charge in [-0.05, 0) is 42.7 Å². The van der Waals surface area contributed by atoms with Crippen LogP contribution in [0.3, 0.4) is 0 Å². The van der Waals surface area contributed by atoms with Crippen LogP contribution < -0.4 is 14.2 Å². The Morgan fingerprint density at radius 1 is 1.03 bits per heavy atom. The molecule has 11 heteroatoms. The van der Waals surface area contributed by atoms with Gasteiger partial charge in [0.1, 0.15) is 18.6 Å². The van der Waals surface area contributed by atoms with Crippen LogP contribution in [0.2, 0.25) is 0 Å². The standard InChI is InChI=1S/C22H22O11/c1-29-19(24)22(6-7-22)10-31-16-13(11-2-3-14-12(8-11)9-30-18(14)23)4-5-15(32-20(25)26)17(16)33-21(27)28/h2-5,8,20-21,25-28H,6-7,9-10H2,1H3. The summed E-state index contributed by atoms with van der Waals surface area (Å²) in [7, 11) is 1.27. The Bertz CT molecular complexity index is 1070. The van der Waals surface area contributed by atoms with E-state index in [1.54, 1.807) is 18.2 Å². The summed E-state index contributed by atoms with van der Waals surface area (Å²) < 4.78 is 25.8. The Morgan fingerprint density at radius 2 is 1.73 bits per heavy atom. The summed E-state index contributed by atoms with van der Waals surface area (Å²) in [6.45, 7) is -4.53. The van der Waals surface area contributed by atoms with Gasteiger partial charge in [0.15, 0.2) is 11.5 Å². The summed E-state index contributed by atoms with van der Waals surface area (Å²) in [6.07, 6.45) is 1.08. The molecule has 1 saturated carbocycles. The molecule has 0 atom stereocenters. The summed E-state index contributed by atoms with van der Waals surface area (Å²) in [4.78, 5) is 23.9. The van der Waals surface area contributed by atoms with Crippen molar-refractivity contribution in [3.05, 3.63) is 41.5 Å². The van der Waals surface area contributed by atoms with Crippen molar-refractivity contribution in [2.45, 2.75) is 32.4 Å². The number of rotatable bonds is 9. The zero-order chi connectivity index (χ0) is 23.8. The monoisotopic (exact) mass is 462 g/mol. The number of methoxy groups -OCH3 is 1. The van der Waals surface area contributed by atoms with E-state index in [1.807, 2.05) is 0 Å². The number of carbonyl (C=O) groups is 2. The maximum absolute atomic E-state index is 12.2. The van der Waals surface area contributed by atoms with Gasteiger partial charge >= 0.3 is 24.9 Å². The minimum atomic E-state index is -2.29. The quantitative estimate of drug-likeness (QED) is 0.306. The van der Waals surface area contributed by atoms with E-state index in [4.69, 9.17) is 23.7 Å². The molecule has 0 saturated heterocycles. The molecule has 11 nitrogen and oxygen atoms in total. The van der Waals surface area contributed by atoms with Gasteiger partial charge in [0.05, 0.1) is 12.7 Å². The average Bonchev–Trinajstić information content (AvgIpc) is 3.48. The smallest absolute Gasteiger partial charge is 0.338 e. The molecule has 2 aromatic carbocycles. The third kappa shape index (κ3) is 4.57. The van der Waals surface area contributed by atoms with E-state index in [-0.39, 0.29) is 30.5 Å². The third-order valence-corrected chi connectivity index (χ3v) is 5.49. The van der Waals surface area contributed by atoms with E-state index in [9.17, 15) is 30.0 Å². The number of esters is 2. The molecule has 4 N–H and O–H groups in total. The third-order valence-electron chi connectivity index (χ3n) is 5.49. The van der Waals surface area contributed by atoms with Crippen LogP contribution in [0.5, 0.6) is 17.2 Å². The molecule has 0 bridgehead atoms. The summed E-state index contributed by atoms with van der Waals surface area (Å²) in [5.74, 6) is -1.50. The number of benzene rings is 2. The maximum atomic E-state index is 12.2. The lowest BCUT2D eigenvalue weighted by atomic mass is 9.99. The van der Waals surface area contributed by atoms with Crippen molar-refractivity contribution in [3.63, 3.8) is 0 Å². The van der Waals surface area contributed by atoms with Crippen molar-refractivity contribution in [3.8, 4) is 28.4 Å². The van der Waals surface area contributed by atoms with Crippen molar-refractivity contribution in [1.29, 1.82) is 0 Å². The molecule has 2 aliphatic rings. The van der Waals surface area contributed by atoms with Gasteiger partial charge in [-0.15, -0.1) is 0 Å². The number of carbonyl (C=O) groups excluding carboxylic acids is 2. The Hall–Kier alpha value is -3.38. The van der Waals surface area contributed by atoms with Gasteiger partial charge < -0.3 is 44.1 Å². The van der Waals surface area contributed by atoms with E-state index >= 15 is 0 Å². The molecule has 33 heavy (non-hydrogen) atoms. The number of cyclic esters (lactones) is 1. The highest BCUT2D eigenvalue weighted by Gasteiger charge is 2.52. The number of ether oxygens (including phenoxy) is 5. The highest BCUT2D eigenvalue weighted by atomic mass is 16.8. The fourth-order valence-electron chi connectivity index (χ4n) is 3.62. The normalized spacial score (nSPS) is 15.8. The Labute approximate surface area is 187 Å². The van der Waals surface area contributed by atoms with E-state index in [0.717, 1.165) is 0 Å². The lowest BCUT2D eigenvalue weighted by molar-refractivity contribution is -0.193. The fourth-order valence-corrected chi connectivity index (χ4v) is 3.62. The van der Waals surface area contributed by atoms with Gasteiger partial charge in [-0.25, -0.2) is 4.79 Å². The second-order valence-corrected chi connectivity index (χ2v) is 7.67. The summed E-state index contributed by atoms with van der Waals surface area (Å²) in [5.41, 5.74) is 1.18. The average molecular weight is 462 g/mol. The van der Waals surface area contributed by atoms with E-state index in [2.05, 4.69) is 0 Å². The molecule has 176 valence electrons. The van der Waals surface area contributed by atoms with Gasteiger partial charge in [0.2, 0.25) is 5.75 Å². The van der Waals surface area contributed by atoms with Gasteiger partial charge in [-0.1, -0.05) is 6.07 Å². The van der Waals surface area contributed by atoms with Crippen LogP contribution in [0.1, 0.15) is 28.8 Å². The maximum Gasteiger partial charge on any atom is 0.338 e. The molecule has 0 amide bonds. The SMILES string of the molecule is COC(=O)C1(COc2c(-c3ccc4c(c3)COC4=O)ccc(OC(O)O)c2OC(O)O)CC1. The molecule has 1 heterocycles. The Morgan fingerprint density at radius 3 is 2.36 bits per heavy atom. The predicted octanol–water partition coefficient (Wildman–Crippen LogP) is 0.650. The van der Waals surface area contributed by atoms with Gasteiger partial charge in [-0.3, -0.25) is 4.79 Å². The van der Waals surface area contributed by atoms with Crippen molar-refractivity contribution in [1.82, 2.24) is 0 Å². The second kappa shape index (κ2) is 8.87. The molecule has 2 aromatic rings. The number of aliphatic hydroxyl groups is 4. The fraction of sp³-hybridized carbons (Fsp3) is 0.364. The second-order valence-electron chi connectivity index (χ2n) is 7.67. The number of fused-ring (bicyclic) bond motifs is 1. The number of hydrogen-bond donors (Lipinski definition) is 4.